The average molecular weight is 328 g/mol. The van der Waals surface area contributed by atoms with Gasteiger partial charge in [-0.3, -0.25) is 0 Å². The Morgan fingerprint density at radius 3 is 2.68 bits per heavy atom. The number of hydrogen-bond donors (Lipinski definition) is 1. The third kappa shape index (κ3) is 3.04. The third-order valence-corrected chi connectivity index (χ3v) is 3.62. The Bertz CT molecular complexity index is 617. The second kappa shape index (κ2) is 5.57. The van der Waals surface area contributed by atoms with E-state index in [1.54, 1.807) is 19.1 Å². The SMILES string of the molecule is Cc1cc(OCc2cccc(F)c2Br)c(F)cc1N. The molecule has 0 heterocycles. The summed E-state index contributed by atoms with van der Waals surface area (Å²) in [6.45, 7) is 1.83. The Kier molecular flexibility index (Phi) is 4.04. The molecule has 0 fully saturated rings. The van der Waals surface area contributed by atoms with Crippen molar-refractivity contribution in [2.45, 2.75) is 13.5 Å². The van der Waals surface area contributed by atoms with E-state index in [9.17, 15) is 8.78 Å². The predicted molar refractivity (Wildman–Crippen MR) is 74.0 cm³/mol. The zero-order chi connectivity index (χ0) is 14.0. The Morgan fingerprint density at radius 2 is 1.95 bits per heavy atom. The van der Waals surface area contributed by atoms with Crippen LogP contribution in [0.4, 0.5) is 14.5 Å². The van der Waals surface area contributed by atoms with Gasteiger partial charge in [0.25, 0.3) is 0 Å². The van der Waals surface area contributed by atoms with Gasteiger partial charge in [0.1, 0.15) is 12.4 Å². The lowest BCUT2D eigenvalue weighted by atomic mass is 10.2. The fourth-order valence-corrected chi connectivity index (χ4v) is 1.98. The summed E-state index contributed by atoms with van der Waals surface area (Å²) in [6.07, 6.45) is 0. The first-order chi connectivity index (χ1) is 8.99. The van der Waals surface area contributed by atoms with Crippen LogP contribution in [0.5, 0.6) is 5.75 Å². The van der Waals surface area contributed by atoms with Crippen LogP contribution in [0.3, 0.4) is 0 Å². The van der Waals surface area contributed by atoms with Gasteiger partial charge < -0.3 is 10.5 Å². The van der Waals surface area contributed by atoms with Gasteiger partial charge >= 0.3 is 0 Å². The van der Waals surface area contributed by atoms with Gasteiger partial charge in [-0.25, -0.2) is 8.78 Å². The van der Waals surface area contributed by atoms with Gasteiger partial charge in [-0.2, -0.15) is 0 Å². The number of ether oxygens (including phenoxy) is 1. The molecule has 0 atom stereocenters. The average Bonchev–Trinajstić information content (AvgIpc) is 2.37. The minimum atomic E-state index is -0.532. The zero-order valence-electron chi connectivity index (χ0n) is 10.2. The molecule has 5 heteroatoms. The van der Waals surface area contributed by atoms with Crippen LogP contribution >= 0.6 is 15.9 Å². The summed E-state index contributed by atoms with van der Waals surface area (Å²) in [5, 5.41) is 0. The molecule has 2 nitrogen and oxygen atoms in total. The van der Waals surface area contributed by atoms with Crippen molar-refractivity contribution in [2.75, 3.05) is 5.73 Å². The number of nitrogen functional groups attached to an aromatic ring is 1. The number of hydrogen-bond acceptors (Lipinski definition) is 2. The first-order valence-electron chi connectivity index (χ1n) is 5.60. The molecule has 0 amide bonds. The van der Waals surface area contributed by atoms with Crippen molar-refractivity contribution in [3.8, 4) is 5.75 Å². The lowest BCUT2D eigenvalue weighted by molar-refractivity contribution is 0.289. The van der Waals surface area contributed by atoms with E-state index in [0.29, 0.717) is 15.7 Å². The largest absolute Gasteiger partial charge is 0.486 e. The highest BCUT2D eigenvalue weighted by Crippen LogP contribution is 2.26. The van der Waals surface area contributed by atoms with E-state index in [1.807, 2.05) is 0 Å². The third-order valence-electron chi connectivity index (χ3n) is 2.74. The normalized spacial score (nSPS) is 10.5. The molecule has 100 valence electrons. The molecule has 0 bridgehead atoms. The van der Waals surface area contributed by atoms with Crippen LogP contribution in [0.2, 0.25) is 0 Å². The van der Waals surface area contributed by atoms with Crippen LogP contribution in [0.1, 0.15) is 11.1 Å². The first-order valence-corrected chi connectivity index (χ1v) is 6.39. The van der Waals surface area contributed by atoms with Crippen LogP contribution in [-0.4, -0.2) is 0 Å². The lowest BCUT2D eigenvalue weighted by Gasteiger charge is -2.11. The summed E-state index contributed by atoms with van der Waals surface area (Å²) in [6, 6.07) is 7.35. The fourth-order valence-electron chi connectivity index (χ4n) is 1.60. The van der Waals surface area contributed by atoms with Crippen molar-refractivity contribution in [3.63, 3.8) is 0 Å². The Labute approximate surface area is 118 Å². The van der Waals surface area contributed by atoms with Crippen LogP contribution in [0.15, 0.2) is 34.8 Å². The highest BCUT2D eigenvalue weighted by molar-refractivity contribution is 9.10. The molecule has 0 radical (unpaired) electrons. The van der Waals surface area contributed by atoms with E-state index in [2.05, 4.69) is 15.9 Å². The maximum atomic E-state index is 13.6. The van der Waals surface area contributed by atoms with E-state index in [0.717, 1.165) is 5.56 Å². The molecule has 0 saturated heterocycles. The van der Waals surface area contributed by atoms with Gasteiger partial charge in [0, 0.05) is 17.3 Å². The van der Waals surface area contributed by atoms with Crippen molar-refractivity contribution in [2.24, 2.45) is 0 Å². The summed E-state index contributed by atoms with van der Waals surface area (Å²) < 4.78 is 32.6. The monoisotopic (exact) mass is 327 g/mol. The Morgan fingerprint density at radius 1 is 1.21 bits per heavy atom. The number of rotatable bonds is 3. The topological polar surface area (TPSA) is 35.2 Å². The van der Waals surface area contributed by atoms with Gasteiger partial charge in [0.05, 0.1) is 4.47 Å². The van der Waals surface area contributed by atoms with Gasteiger partial charge in [-0.15, -0.1) is 0 Å². The van der Waals surface area contributed by atoms with E-state index in [-0.39, 0.29) is 18.2 Å². The molecular formula is C14H12BrF2NO. The lowest BCUT2D eigenvalue weighted by Crippen LogP contribution is -2.01. The molecule has 0 spiro atoms. The molecule has 0 aliphatic heterocycles. The zero-order valence-corrected chi connectivity index (χ0v) is 11.8. The molecule has 19 heavy (non-hydrogen) atoms. The second-order valence-electron chi connectivity index (χ2n) is 4.14. The second-order valence-corrected chi connectivity index (χ2v) is 4.93. The molecule has 0 aliphatic rings. The van der Waals surface area contributed by atoms with Gasteiger partial charge in [-0.1, -0.05) is 12.1 Å². The summed E-state index contributed by atoms with van der Waals surface area (Å²) in [7, 11) is 0. The predicted octanol–water partition coefficient (Wildman–Crippen LogP) is 4.20. The molecule has 2 aromatic carbocycles. The van der Waals surface area contributed by atoms with E-state index >= 15 is 0 Å². The molecule has 2 aromatic rings. The molecule has 0 unspecified atom stereocenters. The van der Waals surface area contributed by atoms with E-state index in [4.69, 9.17) is 10.5 Å². The van der Waals surface area contributed by atoms with E-state index < -0.39 is 5.82 Å². The molecule has 2 N–H and O–H groups in total. The number of aryl methyl sites for hydroxylation is 1. The Balaban J connectivity index is 2.19. The fraction of sp³-hybridized carbons (Fsp3) is 0.143. The molecular weight excluding hydrogens is 316 g/mol. The number of anilines is 1. The van der Waals surface area contributed by atoms with Crippen LogP contribution in [0, 0.1) is 18.6 Å². The minimum Gasteiger partial charge on any atom is -0.486 e. The summed E-state index contributed by atoms with van der Waals surface area (Å²) >= 11 is 3.13. The van der Waals surface area contributed by atoms with Crippen LogP contribution < -0.4 is 10.5 Å². The molecule has 2 rings (SSSR count). The van der Waals surface area contributed by atoms with Crippen LogP contribution in [-0.2, 0) is 6.61 Å². The van der Waals surface area contributed by atoms with Crippen LogP contribution in [0.25, 0.3) is 0 Å². The summed E-state index contributed by atoms with van der Waals surface area (Å²) in [5.41, 5.74) is 7.30. The van der Waals surface area contributed by atoms with E-state index in [1.165, 1.54) is 18.2 Å². The van der Waals surface area contributed by atoms with Gasteiger partial charge in [-0.05, 0) is 40.5 Å². The first kappa shape index (κ1) is 13.8. The number of nitrogens with two attached hydrogens (primary N) is 1. The van der Waals surface area contributed by atoms with Crippen molar-refractivity contribution < 1.29 is 13.5 Å². The quantitative estimate of drug-likeness (QED) is 0.857. The number of halogens is 3. The van der Waals surface area contributed by atoms with Gasteiger partial charge in [0.15, 0.2) is 11.6 Å². The Hall–Kier alpha value is -1.62. The highest BCUT2D eigenvalue weighted by Gasteiger charge is 2.09. The number of benzene rings is 2. The van der Waals surface area contributed by atoms with Crippen molar-refractivity contribution in [3.05, 3.63) is 57.6 Å². The smallest absolute Gasteiger partial charge is 0.167 e. The minimum absolute atomic E-state index is 0.0681. The summed E-state index contributed by atoms with van der Waals surface area (Å²) in [5.74, 6) is -0.812. The van der Waals surface area contributed by atoms with Gasteiger partial charge in [0.2, 0.25) is 0 Å². The van der Waals surface area contributed by atoms with Crippen molar-refractivity contribution >= 4 is 21.6 Å². The maximum Gasteiger partial charge on any atom is 0.167 e. The molecule has 0 aromatic heterocycles. The van der Waals surface area contributed by atoms with Crippen molar-refractivity contribution in [1.29, 1.82) is 0 Å². The summed E-state index contributed by atoms with van der Waals surface area (Å²) in [4.78, 5) is 0. The molecule has 0 aliphatic carbocycles. The standard InChI is InChI=1S/C14H12BrF2NO/c1-8-5-13(11(17)6-12(8)18)19-7-9-3-2-4-10(16)14(9)15/h2-6H,7,18H2,1H3. The molecule has 0 saturated carbocycles. The van der Waals surface area contributed by atoms with Crippen molar-refractivity contribution in [1.82, 2.24) is 0 Å². The highest BCUT2D eigenvalue weighted by atomic mass is 79.9. The maximum absolute atomic E-state index is 13.6.